The molecule has 3 rings (SSSR count). The molecule has 3 N–H and O–H groups in total. The van der Waals surface area contributed by atoms with Crippen molar-refractivity contribution in [1.82, 2.24) is 15.3 Å². The summed E-state index contributed by atoms with van der Waals surface area (Å²) in [5.41, 5.74) is -0.363. The molecule has 1 heterocycles. The first-order valence-corrected chi connectivity index (χ1v) is 7.69. The molecule has 0 radical (unpaired) electrons. The van der Waals surface area contributed by atoms with Crippen molar-refractivity contribution in [3.05, 3.63) is 36.2 Å². The average molecular weight is 341 g/mol. The van der Waals surface area contributed by atoms with Crippen LogP contribution in [-0.2, 0) is 6.18 Å². The van der Waals surface area contributed by atoms with Gasteiger partial charge in [-0.2, -0.15) is 13.2 Å². The Labute approximate surface area is 136 Å². The van der Waals surface area contributed by atoms with E-state index in [0.717, 1.165) is 19.0 Å². The van der Waals surface area contributed by atoms with Crippen LogP contribution >= 0.6 is 0 Å². The summed E-state index contributed by atoms with van der Waals surface area (Å²) in [5, 5.41) is 13.0. The summed E-state index contributed by atoms with van der Waals surface area (Å²) in [6.07, 6.45) is -1.98. The third-order valence-corrected chi connectivity index (χ3v) is 3.67. The standard InChI is InChI=1S/C16H18F3N3O2/c17-16(18,19)14-8-21-15(22-14)10-1-5-13(6-2-10)24-9-12(23)7-20-11-3-4-11/h1-2,5-6,8,11-12,20,23H,3-4,7,9H2,(H,21,22)/t12-/m0/s1. The Kier molecular flexibility index (Phi) is 4.77. The van der Waals surface area contributed by atoms with Crippen LogP contribution < -0.4 is 10.1 Å². The van der Waals surface area contributed by atoms with E-state index < -0.39 is 18.0 Å². The largest absolute Gasteiger partial charge is 0.491 e. The molecule has 0 bridgehead atoms. The Morgan fingerprint density at radius 1 is 1.29 bits per heavy atom. The summed E-state index contributed by atoms with van der Waals surface area (Å²) >= 11 is 0. The van der Waals surface area contributed by atoms with Crippen molar-refractivity contribution >= 4 is 0 Å². The number of aromatic amines is 1. The van der Waals surface area contributed by atoms with E-state index in [-0.39, 0.29) is 12.4 Å². The minimum Gasteiger partial charge on any atom is -0.491 e. The third-order valence-electron chi connectivity index (χ3n) is 3.67. The van der Waals surface area contributed by atoms with E-state index in [2.05, 4.69) is 15.3 Å². The summed E-state index contributed by atoms with van der Waals surface area (Å²) < 4.78 is 43.1. The summed E-state index contributed by atoms with van der Waals surface area (Å²) in [6, 6.07) is 7.01. The first-order valence-electron chi connectivity index (χ1n) is 7.69. The van der Waals surface area contributed by atoms with Gasteiger partial charge < -0.3 is 20.1 Å². The van der Waals surface area contributed by atoms with E-state index in [0.29, 0.717) is 23.9 Å². The number of ether oxygens (including phenoxy) is 1. The van der Waals surface area contributed by atoms with Crippen molar-refractivity contribution in [2.75, 3.05) is 13.2 Å². The highest BCUT2D eigenvalue weighted by molar-refractivity contribution is 5.56. The topological polar surface area (TPSA) is 70.2 Å². The van der Waals surface area contributed by atoms with E-state index >= 15 is 0 Å². The number of alkyl halides is 3. The number of aromatic nitrogens is 2. The number of nitrogens with zero attached hydrogens (tertiary/aromatic N) is 1. The maximum Gasteiger partial charge on any atom is 0.432 e. The van der Waals surface area contributed by atoms with Gasteiger partial charge >= 0.3 is 6.18 Å². The Morgan fingerprint density at radius 3 is 2.58 bits per heavy atom. The molecule has 1 aliphatic carbocycles. The van der Waals surface area contributed by atoms with Gasteiger partial charge in [0.1, 0.15) is 30.0 Å². The lowest BCUT2D eigenvalue weighted by molar-refractivity contribution is -0.140. The van der Waals surface area contributed by atoms with Gasteiger partial charge in [-0.05, 0) is 37.1 Å². The number of hydrogen-bond acceptors (Lipinski definition) is 4. The zero-order chi connectivity index (χ0) is 17.2. The summed E-state index contributed by atoms with van der Waals surface area (Å²) in [6.45, 7) is 0.632. The van der Waals surface area contributed by atoms with E-state index in [9.17, 15) is 18.3 Å². The smallest absolute Gasteiger partial charge is 0.432 e. The third kappa shape index (κ3) is 4.48. The van der Waals surface area contributed by atoms with E-state index in [1.165, 1.54) is 0 Å². The lowest BCUT2D eigenvalue weighted by Crippen LogP contribution is -2.32. The molecular formula is C16H18F3N3O2. The fourth-order valence-electron chi connectivity index (χ4n) is 2.16. The molecule has 1 aromatic heterocycles. The molecule has 0 saturated heterocycles. The monoisotopic (exact) mass is 341 g/mol. The van der Waals surface area contributed by atoms with Gasteiger partial charge in [-0.25, -0.2) is 4.98 Å². The molecule has 2 aromatic rings. The van der Waals surface area contributed by atoms with Gasteiger partial charge in [0.2, 0.25) is 0 Å². The highest BCUT2D eigenvalue weighted by Crippen LogP contribution is 2.29. The molecule has 130 valence electrons. The van der Waals surface area contributed by atoms with Crippen molar-refractivity contribution in [3.8, 4) is 17.1 Å². The Morgan fingerprint density at radius 2 is 2.00 bits per heavy atom. The number of nitrogens with one attached hydrogen (secondary N) is 2. The van der Waals surface area contributed by atoms with Crippen molar-refractivity contribution in [2.45, 2.75) is 31.2 Å². The normalized spacial score (nSPS) is 16.2. The van der Waals surface area contributed by atoms with Crippen molar-refractivity contribution < 1.29 is 23.0 Å². The summed E-state index contributed by atoms with van der Waals surface area (Å²) in [7, 11) is 0. The van der Waals surface area contributed by atoms with Gasteiger partial charge in [0.15, 0.2) is 0 Å². The van der Waals surface area contributed by atoms with Crippen molar-refractivity contribution in [3.63, 3.8) is 0 Å². The second kappa shape index (κ2) is 6.82. The zero-order valence-corrected chi connectivity index (χ0v) is 12.8. The van der Waals surface area contributed by atoms with E-state index in [4.69, 9.17) is 4.74 Å². The molecule has 5 nitrogen and oxygen atoms in total. The molecule has 0 unspecified atom stereocenters. The molecule has 0 spiro atoms. The summed E-state index contributed by atoms with van der Waals surface area (Å²) in [5.74, 6) is 0.675. The molecule has 1 atom stereocenters. The second-order valence-electron chi connectivity index (χ2n) is 5.81. The van der Waals surface area contributed by atoms with Gasteiger partial charge in [0, 0.05) is 18.2 Å². The SMILES string of the molecule is O[C@@H](CNC1CC1)COc1ccc(-c2ncc(C(F)(F)F)[nH]2)cc1. The molecular weight excluding hydrogens is 323 g/mol. The van der Waals surface area contributed by atoms with Gasteiger partial charge in [-0.3, -0.25) is 0 Å². The molecule has 1 aliphatic rings. The van der Waals surface area contributed by atoms with Crippen LogP contribution in [0.3, 0.4) is 0 Å². The van der Waals surface area contributed by atoms with Crippen molar-refractivity contribution in [2.24, 2.45) is 0 Å². The van der Waals surface area contributed by atoms with Crippen LogP contribution in [0.4, 0.5) is 13.2 Å². The maximum absolute atomic E-state index is 12.6. The van der Waals surface area contributed by atoms with Gasteiger partial charge in [-0.1, -0.05) is 0 Å². The lowest BCUT2D eigenvalue weighted by atomic mass is 10.2. The Balaban J connectivity index is 1.53. The molecule has 1 aromatic carbocycles. The van der Waals surface area contributed by atoms with Crippen LogP contribution in [0, 0.1) is 0 Å². The highest BCUT2D eigenvalue weighted by atomic mass is 19.4. The van der Waals surface area contributed by atoms with Crippen LogP contribution in [0.1, 0.15) is 18.5 Å². The van der Waals surface area contributed by atoms with Crippen LogP contribution in [0.2, 0.25) is 0 Å². The minimum absolute atomic E-state index is 0.141. The van der Waals surface area contributed by atoms with E-state index in [1.807, 2.05) is 0 Å². The minimum atomic E-state index is -4.45. The molecule has 24 heavy (non-hydrogen) atoms. The van der Waals surface area contributed by atoms with Crippen LogP contribution in [0.25, 0.3) is 11.4 Å². The number of halogens is 3. The molecule has 1 saturated carbocycles. The molecule has 1 fully saturated rings. The van der Waals surface area contributed by atoms with Gasteiger partial charge in [-0.15, -0.1) is 0 Å². The number of imidazole rings is 1. The van der Waals surface area contributed by atoms with Gasteiger partial charge in [0.05, 0.1) is 6.20 Å². The quantitative estimate of drug-likeness (QED) is 0.724. The average Bonchev–Trinajstić information content (AvgIpc) is 3.23. The Bertz CT molecular complexity index is 666. The fourth-order valence-corrected chi connectivity index (χ4v) is 2.16. The maximum atomic E-state index is 12.6. The number of aliphatic hydroxyl groups excluding tert-OH is 1. The van der Waals surface area contributed by atoms with Crippen molar-refractivity contribution in [1.29, 1.82) is 0 Å². The number of H-pyrrole nitrogens is 1. The number of aliphatic hydroxyl groups is 1. The number of rotatable bonds is 7. The molecule has 0 aliphatic heterocycles. The van der Waals surface area contributed by atoms with Crippen LogP contribution in [-0.4, -0.2) is 40.4 Å². The second-order valence-corrected chi connectivity index (χ2v) is 5.81. The predicted molar refractivity (Wildman–Crippen MR) is 81.6 cm³/mol. The van der Waals surface area contributed by atoms with Crippen LogP contribution in [0.15, 0.2) is 30.5 Å². The predicted octanol–water partition coefficient (Wildman–Crippen LogP) is 2.59. The first kappa shape index (κ1) is 16.8. The Hall–Kier alpha value is -2.06. The molecule has 0 amide bonds. The fraction of sp³-hybridized carbons (Fsp3) is 0.438. The number of hydrogen-bond donors (Lipinski definition) is 3. The molecule has 8 heteroatoms. The summed E-state index contributed by atoms with van der Waals surface area (Å²) in [4.78, 5) is 5.99. The first-order chi connectivity index (χ1) is 11.4. The zero-order valence-electron chi connectivity index (χ0n) is 12.8. The number of benzene rings is 1. The van der Waals surface area contributed by atoms with Gasteiger partial charge in [0.25, 0.3) is 0 Å². The van der Waals surface area contributed by atoms with E-state index in [1.54, 1.807) is 24.3 Å². The highest BCUT2D eigenvalue weighted by Gasteiger charge is 2.33. The lowest BCUT2D eigenvalue weighted by Gasteiger charge is -2.13. The van der Waals surface area contributed by atoms with Crippen LogP contribution in [0.5, 0.6) is 5.75 Å².